The Balaban J connectivity index is 0.00000336. The first-order valence-corrected chi connectivity index (χ1v) is 13.7. The summed E-state index contributed by atoms with van der Waals surface area (Å²) in [5.41, 5.74) is 2.69. The summed E-state index contributed by atoms with van der Waals surface area (Å²) < 4.78 is 14.0. The molecule has 3 saturated heterocycles. The van der Waals surface area contributed by atoms with Crippen molar-refractivity contribution < 1.29 is 14.0 Å². The molecule has 0 aromatic heterocycles. The molecule has 0 bridgehead atoms. The highest BCUT2D eigenvalue weighted by atomic mass is 35.5. The first kappa shape index (κ1) is 28.9. The zero-order chi connectivity index (χ0) is 26.3. The number of hydrogen-bond donors (Lipinski definition) is 0. The lowest BCUT2D eigenvalue weighted by Crippen LogP contribution is -2.57. The molecule has 0 radical (unpaired) electrons. The van der Waals surface area contributed by atoms with E-state index >= 15 is 0 Å². The number of nitrogens with zero attached hydrogens (tertiary/aromatic N) is 4. The number of piperazine rings is 1. The van der Waals surface area contributed by atoms with E-state index in [2.05, 4.69) is 4.90 Å². The molecule has 6 nitrogen and oxygen atoms in total. The molecule has 3 aliphatic rings. The molecule has 3 atom stereocenters. The number of halogens is 4. The summed E-state index contributed by atoms with van der Waals surface area (Å²) in [6, 6.07) is 10.5. The number of carbonyl (C=O) groups excluding carboxylic acids is 2. The number of piperidine rings is 1. The van der Waals surface area contributed by atoms with Gasteiger partial charge in [0.2, 0.25) is 5.91 Å². The van der Waals surface area contributed by atoms with Gasteiger partial charge in [-0.05, 0) is 73.2 Å². The number of fused-ring (bicyclic) bond motifs is 1. The number of amides is 3. The molecular formula is C28H34Cl3FN4O2. The minimum absolute atomic E-state index is 0. The standard InChI is InChI=1S/C28H33Cl2FN4O2.ClH/c1-18-11-22(31)3-5-25(18)26-15-23(33-9-10-34-24(17-33)4-6-27(34)36)7-8-35(26)28(37)32(2)16-19-12-20(29)14-21(30)13-19;/h3,5,11-14,23-24,26H,4,6-10,15-17H2,1-2H3;1H/t23-,24+,26-;/m1./s1. The summed E-state index contributed by atoms with van der Waals surface area (Å²) in [5.74, 6) is -0.00244. The third-order valence-electron chi connectivity index (χ3n) is 8.12. The van der Waals surface area contributed by atoms with Crippen LogP contribution in [-0.4, -0.2) is 76.8 Å². The van der Waals surface area contributed by atoms with E-state index in [1.165, 1.54) is 6.07 Å². The molecule has 0 N–H and O–H groups in total. The number of aryl methyl sites for hydroxylation is 1. The van der Waals surface area contributed by atoms with Gasteiger partial charge >= 0.3 is 6.03 Å². The summed E-state index contributed by atoms with van der Waals surface area (Å²) in [6.45, 7) is 5.40. The maximum atomic E-state index is 14.0. The summed E-state index contributed by atoms with van der Waals surface area (Å²) in [4.78, 5) is 34.1. The first-order valence-electron chi connectivity index (χ1n) is 13.0. The SMILES string of the molecule is Cc1cc(F)ccc1[C@H]1C[C@H](N2CCN3C(=O)CC[C@H]3C2)CCN1C(=O)N(C)Cc1cc(Cl)cc(Cl)c1.Cl. The van der Waals surface area contributed by atoms with Crippen LogP contribution in [0.1, 0.15) is 48.4 Å². The number of urea groups is 1. The third kappa shape index (κ3) is 6.06. The monoisotopic (exact) mass is 582 g/mol. The van der Waals surface area contributed by atoms with Crippen LogP contribution in [0.25, 0.3) is 0 Å². The van der Waals surface area contributed by atoms with Crippen LogP contribution < -0.4 is 0 Å². The van der Waals surface area contributed by atoms with Gasteiger partial charge in [0.05, 0.1) is 6.04 Å². The molecule has 3 amide bonds. The fraction of sp³-hybridized carbons (Fsp3) is 0.500. The van der Waals surface area contributed by atoms with Crippen LogP contribution in [0.15, 0.2) is 36.4 Å². The van der Waals surface area contributed by atoms with Crippen LogP contribution in [0, 0.1) is 12.7 Å². The molecule has 0 spiro atoms. The van der Waals surface area contributed by atoms with E-state index in [0.29, 0.717) is 41.6 Å². The van der Waals surface area contributed by atoms with Crippen LogP contribution in [0.5, 0.6) is 0 Å². The predicted molar refractivity (Wildman–Crippen MR) is 150 cm³/mol. The molecule has 206 valence electrons. The van der Waals surface area contributed by atoms with Gasteiger partial charge in [-0.1, -0.05) is 29.3 Å². The largest absolute Gasteiger partial charge is 0.337 e. The van der Waals surface area contributed by atoms with E-state index in [-0.39, 0.29) is 36.2 Å². The molecule has 0 aliphatic carbocycles. The molecule has 38 heavy (non-hydrogen) atoms. The third-order valence-corrected chi connectivity index (χ3v) is 8.56. The van der Waals surface area contributed by atoms with Gasteiger partial charge in [-0.3, -0.25) is 9.69 Å². The molecule has 0 saturated carbocycles. The van der Waals surface area contributed by atoms with Crippen molar-refractivity contribution in [1.29, 1.82) is 0 Å². The van der Waals surface area contributed by atoms with Crippen molar-refractivity contribution in [3.8, 4) is 0 Å². The predicted octanol–water partition coefficient (Wildman–Crippen LogP) is 5.93. The Morgan fingerprint density at radius 2 is 1.79 bits per heavy atom. The van der Waals surface area contributed by atoms with Crippen LogP contribution in [0.4, 0.5) is 9.18 Å². The van der Waals surface area contributed by atoms with Crippen molar-refractivity contribution in [2.45, 2.75) is 57.3 Å². The van der Waals surface area contributed by atoms with E-state index in [1.54, 1.807) is 24.1 Å². The average Bonchev–Trinajstić information content (AvgIpc) is 3.22. The van der Waals surface area contributed by atoms with Crippen molar-refractivity contribution in [2.24, 2.45) is 0 Å². The van der Waals surface area contributed by atoms with Crippen molar-refractivity contribution >= 4 is 47.5 Å². The number of benzene rings is 2. The minimum atomic E-state index is -0.275. The van der Waals surface area contributed by atoms with Crippen LogP contribution in [0.2, 0.25) is 10.0 Å². The van der Waals surface area contributed by atoms with Crippen LogP contribution in [-0.2, 0) is 11.3 Å². The van der Waals surface area contributed by atoms with Crippen molar-refractivity contribution in [3.05, 3.63) is 69.0 Å². The fourth-order valence-electron chi connectivity index (χ4n) is 6.30. The smallest absolute Gasteiger partial charge is 0.320 e. The molecule has 3 aliphatic heterocycles. The number of rotatable bonds is 4. The quantitative estimate of drug-likeness (QED) is 0.449. The molecule has 3 heterocycles. The average molecular weight is 584 g/mol. The van der Waals surface area contributed by atoms with Crippen molar-refractivity contribution in [3.63, 3.8) is 0 Å². The first-order chi connectivity index (χ1) is 17.7. The van der Waals surface area contributed by atoms with E-state index in [9.17, 15) is 14.0 Å². The van der Waals surface area contributed by atoms with Crippen molar-refractivity contribution in [1.82, 2.24) is 19.6 Å². The summed E-state index contributed by atoms with van der Waals surface area (Å²) in [7, 11) is 1.79. The lowest BCUT2D eigenvalue weighted by Gasteiger charge is -2.48. The van der Waals surface area contributed by atoms with Gasteiger partial charge in [0.1, 0.15) is 5.82 Å². The Kier molecular flexibility index (Phi) is 9.13. The highest BCUT2D eigenvalue weighted by Gasteiger charge is 2.41. The van der Waals surface area contributed by atoms with Gasteiger partial charge in [-0.15, -0.1) is 12.4 Å². The zero-order valence-electron chi connectivity index (χ0n) is 21.7. The van der Waals surface area contributed by atoms with Crippen LogP contribution in [0.3, 0.4) is 0 Å². The Hall–Kier alpha value is -2.06. The number of hydrogen-bond acceptors (Lipinski definition) is 3. The van der Waals surface area contributed by atoms with Gasteiger partial charge < -0.3 is 14.7 Å². The zero-order valence-corrected chi connectivity index (χ0v) is 24.0. The van der Waals surface area contributed by atoms with Gasteiger partial charge in [0.25, 0.3) is 0 Å². The molecule has 10 heteroatoms. The molecule has 0 unspecified atom stereocenters. The van der Waals surface area contributed by atoms with E-state index in [4.69, 9.17) is 23.2 Å². The topological polar surface area (TPSA) is 47.1 Å². The van der Waals surface area contributed by atoms with Crippen LogP contribution >= 0.6 is 35.6 Å². The molecular weight excluding hydrogens is 550 g/mol. The minimum Gasteiger partial charge on any atom is -0.337 e. The molecule has 2 aromatic carbocycles. The Morgan fingerprint density at radius 1 is 1.05 bits per heavy atom. The van der Waals surface area contributed by atoms with Gasteiger partial charge in [-0.25, -0.2) is 9.18 Å². The maximum absolute atomic E-state index is 14.0. The maximum Gasteiger partial charge on any atom is 0.320 e. The Bertz CT molecular complexity index is 1180. The lowest BCUT2D eigenvalue weighted by atomic mass is 9.88. The van der Waals surface area contributed by atoms with Crippen molar-refractivity contribution in [2.75, 3.05) is 33.2 Å². The van der Waals surface area contributed by atoms with E-state index in [0.717, 1.165) is 55.6 Å². The molecule has 5 rings (SSSR count). The second-order valence-electron chi connectivity index (χ2n) is 10.6. The highest BCUT2D eigenvalue weighted by molar-refractivity contribution is 6.34. The summed E-state index contributed by atoms with van der Waals surface area (Å²) in [5, 5.41) is 1.07. The highest BCUT2D eigenvalue weighted by Crippen LogP contribution is 2.37. The second-order valence-corrected chi connectivity index (χ2v) is 11.5. The number of carbonyl (C=O) groups is 2. The number of likely N-dealkylation sites (tertiary alicyclic amines) is 1. The summed E-state index contributed by atoms with van der Waals surface area (Å²) in [6.07, 6.45) is 3.20. The van der Waals surface area contributed by atoms with Gasteiger partial charge in [-0.2, -0.15) is 0 Å². The van der Waals surface area contributed by atoms with E-state index < -0.39 is 0 Å². The molecule has 2 aromatic rings. The fourth-order valence-corrected chi connectivity index (χ4v) is 6.87. The van der Waals surface area contributed by atoms with Gasteiger partial charge in [0, 0.05) is 68.3 Å². The Labute approximate surface area is 240 Å². The molecule has 3 fully saturated rings. The van der Waals surface area contributed by atoms with E-state index in [1.807, 2.05) is 34.9 Å². The second kappa shape index (κ2) is 12.0. The Morgan fingerprint density at radius 3 is 2.50 bits per heavy atom. The lowest BCUT2D eigenvalue weighted by molar-refractivity contribution is -0.131. The summed E-state index contributed by atoms with van der Waals surface area (Å²) >= 11 is 12.3. The van der Waals surface area contributed by atoms with Gasteiger partial charge in [0.15, 0.2) is 0 Å². The normalized spacial score (nSPS) is 23.7.